The van der Waals surface area contributed by atoms with E-state index in [0.717, 1.165) is 42.0 Å². The average Bonchev–Trinajstić information content (AvgIpc) is 3.24. The van der Waals surface area contributed by atoms with Crippen LogP contribution in [0.25, 0.3) is 0 Å². The Balaban J connectivity index is 1.75. The van der Waals surface area contributed by atoms with Gasteiger partial charge in [-0.05, 0) is 32.1 Å². The monoisotopic (exact) mass is 296 g/mol. The van der Waals surface area contributed by atoms with E-state index >= 15 is 0 Å². The van der Waals surface area contributed by atoms with Crippen LogP contribution in [0, 0.1) is 12.8 Å². The van der Waals surface area contributed by atoms with Crippen LogP contribution in [-0.4, -0.2) is 39.9 Å². The van der Waals surface area contributed by atoms with E-state index < -0.39 is 0 Å². The maximum absolute atomic E-state index is 6.41. The first kappa shape index (κ1) is 14.4. The van der Waals surface area contributed by atoms with Gasteiger partial charge in [0.2, 0.25) is 0 Å². The van der Waals surface area contributed by atoms with Crippen molar-refractivity contribution in [2.75, 3.05) is 13.1 Å². The second kappa shape index (κ2) is 5.66. The van der Waals surface area contributed by atoms with Crippen LogP contribution in [0.4, 0.5) is 0 Å². The lowest BCUT2D eigenvalue weighted by Gasteiger charge is -2.40. The van der Waals surface area contributed by atoms with Crippen molar-refractivity contribution < 1.29 is 0 Å². The van der Waals surface area contributed by atoms with Crippen LogP contribution in [-0.2, 0) is 13.6 Å². The van der Waals surface area contributed by atoms with Gasteiger partial charge in [0, 0.05) is 38.8 Å². The number of nitrogens with zero attached hydrogens (tertiary/aromatic N) is 3. The Labute approximate surface area is 126 Å². The number of rotatable bonds is 4. The molecule has 0 amide bonds. The van der Waals surface area contributed by atoms with Crippen LogP contribution in [0.3, 0.4) is 0 Å². The van der Waals surface area contributed by atoms with Gasteiger partial charge < -0.3 is 5.32 Å². The standard InChI is InChI=1S/C15H25ClN4/c1-4-12-7-17-13(11-5-6-11)8-20(12)9-14-15(16)10(2)18-19(14)3/h11-13,17H,4-9H2,1-3H3. The molecule has 0 bridgehead atoms. The number of piperazine rings is 1. The number of aryl methyl sites for hydroxylation is 2. The van der Waals surface area contributed by atoms with Crippen molar-refractivity contribution in [3.8, 4) is 0 Å². The van der Waals surface area contributed by atoms with Crippen LogP contribution in [0.15, 0.2) is 0 Å². The number of hydrogen-bond donors (Lipinski definition) is 1. The highest BCUT2D eigenvalue weighted by Gasteiger charge is 2.37. The fraction of sp³-hybridized carbons (Fsp3) is 0.800. The summed E-state index contributed by atoms with van der Waals surface area (Å²) in [7, 11) is 2.00. The molecule has 5 heteroatoms. The number of nitrogens with one attached hydrogen (secondary N) is 1. The highest BCUT2D eigenvalue weighted by atomic mass is 35.5. The molecule has 1 aromatic heterocycles. The van der Waals surface area contributed by atoms with E-state index in [9.17, 15) is 0 Å². The van der Waals surface area contributed by atoms with Crippen LogP contribution >= 0.6 is 11.6 Å². The topological polar surface area (TPSA) is 33.1 Å². The lowest BCUT2D eigenvalue weighted by molar-refractivity contribution is 0.109. The average molecular weight is 297 g/mol. The van der Waals surface area contributed by atoms with Crippen molar-refractivity contribution in [1.82, 2.24) is 20.0 Å². The number of halogens is 1. The molecular weight excluding hydrogens is 272 g/mol. The fourth-order valence-electron chi connectivity index (χ4n) is 3.34. The minimum absolute atomic E-state index is 0.608. The molecule has 2 aliphatic rings. The van der Waals surface area contributed by atoms with Crippen molar-refractivity contribution in [2.24, 2.45) is 13.0 Å². The summed E-state index contributed by atoms with van der Waals surface area (Å²) in [4.78, 5) is 2.60. The first-order chi connectivity index (χ1) is 9.60. The number of aromatic nitrogens is 2. The zero-order chi connectivity index (χ0) is 14.3. The third kappa shape index (κ3) is 2.74. The smallest absolute Gasteiger partial charge is 0.0860 e. The van der Waals surface area contributed by atoms with Crippen molar-refractivity contribution >= 4 is 11.6 Å². The lowest BCUT2D eigenvalue weighted by atomic mass is 10.0. The molecule has 20 heavy (non-hydrogen) atoms. The zero-order valence-electron chi connectivity index (χ0n) is 12.7. The van der Waals surface area contributed by atoms with Crippen molar-refractivity contribution in [3.63, 3.8) is 0 Å². The molecule has 2 unspecified atom stereocenters. The number of hydrogen-bond acceptors (Lipinski definition) is 3. The molecule has 0 spiro atoms. The molecular formula is C15H25ClN4. The van der Waals surface area contributed by atoms with Gasteiger partial charge in [-0.2, -0.15) is 5.10 Å². The molecule has 0 aromatic carbocycles. The van der Waals surface area contributed by atoms with E-state index in [1.54, 1.807) is 0 Å². The summed E-state index contributed by atoms with van der Waals surface area (Å²) in [5.41, 5.74) is 2.09. The van der Waals surface area contributed by atoms with Crippen LogP contribution < -0.4 is 5.32 Å². The predicted octanol–water partition coefficient (Wildman–Crippen LogP) is 2.34. The molecule has 1 aliphatic carbocycles. The SMILES string of the molecule is CCC1CNC(C2CC2)CN1Cc1c(Cl)c(C)nn1C. The Bertz CT molecular complexity index is 480. The van der Waals surface area contributed by atoms with Gasteiger partial charge in [0.1, 0.15) is 0 Å². The Morgan fingerprint density at radius 2 is 2.15 bits per heavy atom. The summed E-state index contributed by atoms with van der Waals surface area (Å²) in [6, 6.07) is 1.28. The van der Waals surface area contributed by atoms with Gasteiger partial charge in [0.25, 0.3) is 0 Å². The molecule has 1 saturated heterocycles. The van der Waals surface area contributed by atoms with Gasteiger partial charge in [0.15, 0.2) is 0 Å². The molecule has 0 radical (unpaired) electrons. The molecule has 1 N–H and O–H groups in total. The summed E-state index contributed by atoms with van der Waals surface area (Å²) < 4.78 is 1.94. The highest BCUT2D eigenvalue weighted by Crippen LogP contribution is 2.35. The largest absolute Gasteiger partial charge is 0.311 e. The van der Waals surface area contributed by atoms with E-state index in [1.807, 2.05) is 18.7 Å². The molecule has 4 nitrogen and oxygen atoms in total. The van der Waals surface area contributed by atoms with Crippen molar-refractivity contribution in [1.29, 1.82) is 0 Å². The normalized spacial score (nSPS) is 28.0. The van der Waals surface area contributed by atoms with Crippen molar-refractivity contribution in [3.05, 3.63) is 16.4 Å². The summed E-state index contributed by atoms with van der Waals surface area (Å²) in [5.74, 6) is 0.902. The maximum atomic E-state index is 6.41. The lowest BCUT2D eigenvalue weighted by Crippen LogP contribution is -2.56. The van der Waals surface area contributed by atoms with Gasteiger partial charge in [-0.1, -0.05) is 18.5 Å². The molecule has 2 atom stereocenters. The highest BCUT2D eigenvalue weighted by molar-refractivity contribution is 6.31. The van der Waals surface area contributed by atoms with Gasteiger partial charge in [0.05, 0.1) is 16.4 Å². The predicted molar refractivity (Wildman–Crippen MR) is 82.0 cm³/mol. The second-order valence-electron chi connectivity index (χ2n) is 6.31. The fourth-order valence-corrected chi connectivity index (χ4v) is 3.56. The van der Waals surface area contributed by atoms with E-state index in [2.05, 4.69) is 22.2 Å². The van der Waals surface area contributed by atoms with Gasteiger partial charge in [-0.25, -0.2) is 0 Å². The molecule has 2 heterocycles. The Morgan fingerprint density at radius 1 is 1.40 bits per heavy atom. The van der Waals surface area contributed by atoms with E-state index in [-0.39, 0.29) is 0 Å². The minimum atomic E-state index is 0.608. The van der Waals surface area contributed by atoms with Gasteiger partial charge >= 0.3 is 0 Å². The minimum Gasteiger partial charge on any atom is -0.311 e. The molecule has 1 aliphatic heterocycles. The maximum Gasteiger partial charge on any atom is 0.0860 e. The molecule has 3 rings (SSSR count). The molecule has 2 fully saturated rings. The van der Waals surface area contributed by atoms with E-state index in [4.69, 9.17) is 11.6 Å². The quantitative estimate of drug-likeness (QED) is 0.926. The first-order valence-electron chi connectivity index (χ1n) is 7.75. The zero-order valence-corrected chi connectivity index (χ0v) is 13.5. The third-order valence-electron chi connectivity index (χ3n) is 4.84. The van der Waals surface area contributed by atoms with Crippen LogP contribution in [0.2, 0.25) is 5.02 Å². The molecule has 1 aromatic rings. The summed E-state index contributed by atoms with van der Waals surface area (Å²) >= 11 is 6.41. The van der Waals surface area contributed by atoms with Crippen molar-refractivity contribution in [2.45, 2.75) is 51.7 Å². The molecule has 112 valence electrons. The van der Waals surface area contributed by atoms with Gasteiger partial charge in [-0.3, -0.25) is 9.58 Å². The summed E-state index contributed by atoms with van der Waals surface area (Å²) in [6.45, 7) is 7.41. The summed E-state index contributed by atoms with van der Waals surface area (Å²) in [5, 5.41) is 9.01. The Morgan fingerprint density at radius 3 is 2.70 bits per heavy atom. The Hall–Kier alpha value is -0.580. The Kier molecular flexibility index (Phi) is 4.07. The van der Waals surface area contributed by atoms with Crippen LogP contribution in [0.1, 0.15) is 37.6 Å². The van der Waals surface area contributed by atoms with E-state index in [0.29, 0.717) is 12.1 Å². The van der Waals surface area contributed by atoms with E-state index in [1.165, 1.54) is 19.3 Å². The molecule has 1 saturated carbocycles. The second-order valence-corrected chi connectivity index (χ2v) is 6.69. The van der Waals surface area contributed by atoms with Crippen LogP contribution in [0.5, 0.6) is 0 Å². The third-order valence-corrected chi connectivity index (χ3v) is 5.33. The first-order valence-corrected chi connectivity index (χ1v) is 8.13. The van der Waals surface area contributed by atoms with Gasteiger partial charge in [-0.15, -0.1) is 0 Å². The summed E-state index contributed by atoms with van der Waals surface area (Å²) in [6.07, 6.45) is 3.97.